The maximum Gasteiger partial charge on any atom is 0.237 e. The van der Waals surface area contributed by atoms with Gasteiger partial charge in [0, 0.05) is 12.6 Å². The Morgan fingerprint density at radius 3 is 2.65 bits per heavy atom. The summed E-state index contributed by atoms with van der Waals surface area (Å²) < 4.78 is 0. The lowest BCUT2D eigenvalue weighted by atomic mass is 10.2. The molecule has 0 aliphatic carbocycles. The van der Waals surface area contributed by atoms with E-state index in [0.29, 0.717) is 6.54 Å². The van der Waals surface area contributed by atoms with Gasteiger partial charge in [-0.15, -0.1) is 0 Å². The first-order valence-corrected chi connectivity index (χ1v) is 5.80. The lowest BCUT2D eigenvalue weighted by Gasteiger charge is -2.16. The van der Waals surface area contributed by atoms with Gasteiger partial charge in [-0.05, 0) is 38.5 Å². The third kappa shape index (κ3) is 4.87. The molecule has 0 aromatic heterocycles. The van der Waals surface area contributed by atoms with Gasteiger partial charge < -0.3 is 15.7 Å². The quantitative estimate of drug-likeness (QED) is 0.724. The van der Waals surface area contributed by atoms with E-state index in [-0.39, 0.29) is 23.7 Å². The molecule has 0 aliphatic heterocycles. The first-order chi connectivity index (χ1) is 7.99. The summed E-state index contributed by atoms with van der Waals surface area (Å²) in [6.07, 6.45) is 0. The Bertz CT molecular complexity index is 377. The first-order valence-electron chi connectivity index (χ1n) is 5.80. The number of rotatable bonds is 5. The minimum absolute atomic E-state index is 0.0137. The molecule has 0 heterocycles. The van der Waals surface area contributed by atoms with Crippen LogP contribution < -0.4 is 10.6 Å². The van der Waals surface area contributed by atoms with Gasteiger partial charge in [0.1, 0.15) is 5.75 Å². The monoisotopic (exact) mass is 236 g/mol. The van der Waals surface area contributed by atoms with E-state index < -0.39 is 0 Å². The van der Waals surface area contributed by atoms with Gasteiger partial charge in [-0.1, -0.05) is 12.1 Å². The Morgan fingerprint density at radius 2 is 2.06 bits per heavy atom. The van der Waals surface area contributed by atoms with Gasteiger partial charge in [0.15, 0.2) is 0 Å². The summed E-state index contributed by atoms with van der Waals surface area (Å²) >= 11 is 0. The van der Waals surface area contributed by atoms with Gasteiger partial charge in [-0.25, -0.2) is 0 Å². The molecular weight excluding hydrogens is 216 g/mol. The molecule has 3 N–H and O–H groups in total. The van der Waals surface area contributed by atoms with E-state index >= 15 is 0 Å². The van der Waals surface area contributed by atoms with Crippen LogP contribution in [0.2, 0.25) is 0 Å². The van der Waals surface area contributed by atoms with E-state index in [1.165, 1.54) is 0 Å². The van der Waals surface area contributed by atoms with Gasteiger partial charge in [0.05, 0.1) is 6.04 Å². The SMILES string of the molecule is CC(C)NC(=O)C(C)NCc1cccc(O)c1. The average molecular weight is 236 g/mol. The van der Waals surface area contributed by atoms with E-state index in [1.807, 2.05) is 26.8 Å². The molecule has 0 aliphatic rings. The van der Waals surface area contributed by atoms with E-state index in [9.17, 15) is 9.90 Å². The van der Waals surface area contributed by atoms with Crippen molar-refractivity contribution in [2.75, 3.05) is 0 Å². The molecule has 0 bridgehead atoms. The number of hydrogen-bond donors (Lipinski definition) is 3. The van der Waals surface area contributed by atoms with Crippen LogP contribution in [-0.4, -0.2) is 23.1 Å². The molecule has 1 rings (SSSR count). The van der Waals surface area contributed by atoms with E-state index in [4.69, 9.17) is 0 Å². The molecule has 1 amide bonds. The Morgan fingerprint density at radius 1 is 1.35 bits per heavy atom. The summed E-state index contributed by atoms with van der Waals surface area (Å²) in [6, 6.07) is 6.89. The number of carbonyl (C=O) groups is 1. The summed E-state index contributed by atoms with van der Waals surface area (Å²) in [7, 11) is 0. The minimum atomic E-state index is -0.250. The van der Waals surface area contributed by atoms with Crippen LogP contribution in [-0.2, 0) is 11.3 Å². The number of hydrogen-bond acceptors (Lipinski definition) is 3. The van der Waals surface area contributed by atoms with Crippen molar-refractivity contribution in [2.24, 2.45) is 0 Å². The van der Waals surface area contributed by atoms with Gasteiger partial charge in [0.25, 0.3) is 0 Å². The fourth-order valence-electron chi connectivity index (χ4n) is 1.44. The summed E-state index contributed by atoms with van der Waals surface area (Å²) in [4.78, 5) is 11.6. The summed E-state index contributed by atoms with van der Waals surface area (Å²) in [5.41, 5.74) is 0.953. The lowest BCUT2D eigenvalue weighted by molar-refractivity contribution is -0.123. The highest BCUT2D eigenvalue weighted by molar-refractivity contribution is 5.81. The second kappa shape index (κ2) is 6.25. The predicted octanol–water partition coefficient (Wildman–Crippen LogP) is 1.39. The van der Waals surface area contributed by atoms with Crippen molar-refractivity contribution in [1.29, 1.82) is 0 Å². The number of nitrogens with one attached hydrogen (secondary N) is 2. The molecule has 0 fully saturated rings. The summed E-state index contributed by atoms with van der Waals surface area (Å²) in [6.45, 7) is 6.24. The molecule has 0 saturated carbocycles. The molecule has 1 atom stereocenters. The van der Waals surface area contributed by atoms with E-state index in [1.54, 1.807) is 18.2 Å². The largest absolute Gasteiger partial charge is 0.508 e. The zero-order valence-corrected chi connectivity index (χ0v) is 10.5. The second-order valence-corrected chi connectivity index (χ2v) is 4.44. The van der Waals surface area contributed by atoms with Crippen molar-refractivity contribution >= 4 is 5.91 Å². The first kappa shape index (κ1) is 13.5. The van der Waals surface area contributed by atoms with Crippen molar-refractivity contribution in [3.8, 4) is 5.75 Å². The zero-order valence-electron chi connectivity index (χ0n) is 10.5. The predicted molar refractivity (Wildman–Crippen MR) is 67.7 cm³/mol. The van der Waals surface area contributed by atoms with Crippen molar-refractivity contribution in [1.82, 2.24) is 10.6 Å². The van der Waals surface area contributed by atoms with Crippen LogP contribution in [0.5, 0.6) is 5.75 Å². The molecule has 94 valence electrons. The van der Waals surface area contributed by atoms with Crippen molar-refractivity contribution in [3.05, 3.63) is 29.8 Å². The van der Waals surface area contributed by atoms with Crippen molar-refractivity contribution in [3.63, 3.8) is 0 Å². The van der Waals surface area contributed by atoms with Crippen molar-refractivity contribution in [2.45, 2.75) is 39.4 Å². The molecule has 1 aromatic rings. The van der Waals surface area contributed by atoms with Gasteiger partial charge in [-0.2, -0.15) is 0 Å². The van der Waals surface area contributed by atoms with Crippen molar-refractivity contribution < 1.29 is 9.90 Å². The molecule has 4 heteroatoms. The smallest absolute Gasteiger partial charge is 0.237 e. The normalized spacial score (nSPS) is 12.5. The fraction of sp³-hybridized carbons (Fsp3) is 0.462. The third-order valence-electron chi connectivity index (χ3n) is 2.35. The Hall–Kier alpha value is -1.55. The van der Waals surface area contributed by atoms with Crippen LogP contribution in [0.3, 0.4) is 0 Å². The number of phenols is 1. The second-order valence-electron chi connectivity index (χ2n) is 4.44. The number of carbonyl (C=O) groups excluding carboxylic acids is 1. The van der Waals surface area contributed by atoms with Crippen LogP contribution >= 0.6 is 0 Å². The Labute approximate surface area is 102 Å². The highest BCUT2D eigenvalue weighted by Crippen LogP contribution is 2.10. The molecule has 1 aromatic carbocycles. The maximum absolute atomic E-state index is 11.6. The highest BCUT2D eigenvalue weighted by atomic mass is 16.3. The van der Waals surface area contributed by atoms with Crippen LogP contribution in [0.25, 0.3) is 0 Å². The lowest BCUT2D eigenvalue weighted by Crippen LogP contribution is -2.44. The zero-order chi connectivity index (χ0) is 12.8. The van der Waals surface area contributed by atoms with Gasteiger partial charge in [0.2, 0.25) is 5.91 Å². The van der Waals surface area contributed by atoms with E-state index in [0.717, 1.165) is 5.56 Å². The van der Waals surface area contributed by atoms with Gasteiger partial charge >= 0.3 is 0 Å². The molecule has 0 radical (unpaired) electrons. The molecule has 1 unspecified atom stereocenters. The maximum atomic E-state index is 11.6. The molecule has 0 saturated heterocycles. The number of benzene rings is 1. The van der Waals surface area contributed by atoms with Crippen LogP contribution in [0.1, 0.15) is 26.3 Å². The molecule has 17 heavy (non-hydrogen) atoms. The number of phenolic OH excluding ortho intramolecular Hbond substituents is 1. The summed E-state index contributed by atoms with van der Waals surface area (Å²) in [5, 5.41) is 15.2. The number of aromatic hydroxyl groups is 1. The molecule has 4 nitrogen and oxygen atoms in total. The summed E-state index contributed by atoms with van der Waals surface area (Å²) in [5.74, 6) is 0.226. The van der Waals surface area contributed by atoms with Crippen LogP contribution in [0.15, 0.2) is 24.3 Å². The van der Waals surface area contributed by atoms with Crippen LogP contribution in [0.4, 0.5) is 0 Å². The average Bonchev–Trinajstić information content (AvgIpc) is 2.25. The number of amides is 1. The topological polar surface area (TPSA) is 61.4 Å². The Balaban J connectivity index is 2.42. The molecule has 0 spiro atoms. The Kier molecular flexibility index (Phi) is 4.97. The molecular formula is C13H20N2O2. The highest BCUT2D eigenvalue weighted by Gasteiger charge is 2.12. The minimum Gasteiger partial charge on any atom is -0.508 e. The fourth-order valence-corrected chi connectivity index (χ4v) is 1.44. The third-order valence-corrected chi connectivity index (χ3v) is 2.35. The van der Waals surface area contributed by atoms with Gasteiger partial charge in [-0.3, -0.25) is 4.79 Å². The van der Waals surface area contributed by atoms with Crippen LogP contribution in [0, 0.1) is 0 Å². The van der Waals surface area contributed by atoms with E-state index in [2.05, 4.69) is 10.6 Å². The standard InChI is InChI=1S/C13H20N2O2/c1-9(2)15-13(17)10(3)14-8-11-5-4-6-12(16)7-11/h4-7,9-10,14,16H,8H2,1-3H3,(H,15,17).